The largest absolute Gasteiger partial charge is 0.457 e. The van der Waals surface area contributed by atoms with Crippen LogP contribution in [0.3, 0.4) is 0 Å². The lowest BCUT2D eigenvalue weighted by atomic mass is 9.96. The molecule has 0 amide bonds. The van der Waals surface area contributed by atoms with Gasteiger partial charge in [0.25, 0.3) is 0 Å². The highest BCUT2D eigenvalue weighted by Crippen LogP contribution is 2.48. The molecule has 0 aliphatic heterocycles. The van der Waals surface area contributed by atoms with E-state index >= 15 is 0 Å². The Hall–Kier alpha value is -3.90. The van der Waals surface area contributed by atoms with Gasteiger partial charge in [-0.25, -0.2) is 4.79 Å². The van der Waals surface area contributed by atoms with Crippen LogP contribution in [0.4, 0.5) is 0 Å². The van der Waals surface area contributed by atoms with Crippen molar-refractivity contribution in [2.75, 3.05) is 0 Å². The molecule has 0 spiro atoms. The van der Waals surface area contributed by atoms with Crippen LogP contribution in [0.15, 0.2) is 72.8 Å². The summed E-state index contributed by atoms with van der Waals surface area (Å²) >= 11 is 1.61. The van der Waals surface area contributed by atoms with Gasteiger partial charge in [-0.05, 0) is 79.8 Å². The molecule has 4 rings (SSSR count). The van der Waals surface area contributed by atoms with E-state index in [2.05, 4.69) is 32.0 Å². The fraction of sp³-hybridized carbons (Fsp3) is 0.250. The number of hydrogen-bond donors (Lipinski definition) is 0. The van der Waals surface area contributed by atoms with Gasteiger partial charge in [-0.2, -0.15) is 0 Å². The Balaban J connectivity index is 1.70. The number of ether oxygens (including phenoxy) is 3. The van der Waals surface area contributed by atoms with Crippen LogP contribution in [-0.2, 0) is 14.3 Å². The number of carbonyl (C=O) groups is 2. The molecule has 1 aromatic heterocycles. The zero-order valence-electron chi connectivity index (χ0n) is 22.5. The van der Waals surface area contributed by atoms with Gasteiger partial charge >= 0.3 is 11.9 Å². The molecular formula is C32H32O5S. The van der Waals surface area contributed by atoms with Gasteiger partial charge in [-0.3, -0.25) is 4.79 Å². The number of benzene rings is 3. The summed E-state index contributed by atoms with van der Waals surface area (Å²) in [6.07, 6.45) is 3.15. The van der Waals surface area contributed by atoms with Gasteiger partial charge < -0.3 is 14.2 Å². The lowest BCUT2D eigenvalue weighted by molar-refractivity contribution is -0.148. The third-order valence-corrected chi connectivity index (χ3v) is 6.79. The van der Waals surface area contributed by atoms with E-state index in [-0.39, 0.29) is 11.9 Å². The minimum Gasteiger partial charge on any atom is -0.457 e. The van der Waals surface area contributed by atoms with Gasteiger partial charge in [0.2, 0.25) is 0 Å². The van der Waals surface area contributed by atoms with Crippen LogP contribution in [0.25, 0.3) is 26.6 Å². The highest BCUT2D eigenvalue weighted by Gasteiger charge is 2.20. The third-order valence-electron chi connectivity index (χ3n) is 5.62. The van der Waals surface area contributed by atoms with Crippen molar-refractivity contribution < 1.29 is 23.8 Å². The fourth-order valence-electron chi connectivity index (χ4n) is 4.03. The van der Waals surface area contributed by atoms with E-state index < -0.39 is 5.60 Å². The summed E-state index contributed by atoms with van der Waals surface area (Å²) in [5.41, 5.74) is 2.67. The van der Waals surface area contributed by atoms with Gasteiger partial charge in [0, 0.05) is 23.1 Å². The number of esters is 2. The molecule has 0 fully saturated rings. The van der Waals surface area contributed by atoms with E-state index in [1.807, 2.05) is 63.2 Å². The minimum atomic E-state index is -0.534. The molecule has 3 aromatic carbocycles. The zero-order valence-corrected chi connectivity index (χ0v) is 23.3. The van der Waals surface area contributed by atoms with Crippen molar-refractivity contribution in [3.05, 3.63) is 83.9 Å². The smallest absolute Gasteiger partial charge is 0.331 e. The monoisotopic (exact) mass is 528 g/mol. The average molecular weight is 529 g/mol. The second kappa shape index (κ2) is 11.2. The molecule has 1 heterocycles. The molecule has 5 nitrogen and oxygen atoms in total. The van der Waals surface area contributed by atoms with E-state index in [1.54, 1.807) is 23.5 Å². The van der Waals surface area contributed by atoms with E-state index in [1.165, 1.54) is 18.6 Å². The Kier molecular flexibility index (Phi) is 8.02. The molecule has 0 atom stereocenters. The van der Waals surface area contributed by atoms with Crippen LogP contribution in [0.1, 0.15) is 58.6 Å². The summed E-state index contributed by atoms with van der Waals surface area (Å²) in [4.78, 5) is 24.5. The minimum absolute atomic E-state index is 0.330. The standard InChI is InChI=1S/C32H32O5S/c1-20(2)25-9-7-8-10-26(25)31-30(27-17-16-24(35-21(3)33)19-28(27)38-31)36-23-14-11-22(12-15-23)13-18-29(34)37-32(4,5)6/h7-20H,1-6H3/b18-13+. The molecule has 0 aliphatic carbocycles. The zero-order chi connectivity index (χ0) is 27.4. The first kappa shape index (κ1) is 27.1. The summed E-state index contributed by atoms with van der Waals surface area (Å²) in [6, 6.07) is 21.5. The summed E-state index contributed by atoms with van der Waals surface area (Å²) in [5, 5.41) is 0.938. The summed E-state index contributed by atoms with van der Waals surface area (Å²) in [5.74, 6) is 1.52. The maximum Gasteiger partial charge on any atom is 0.331 e. The lowest BCUT2D eigenvalue weighted by Crippen LogP contribution is -2.22. The van der Waals surface area contributed by atoms with Crippen molar-refractivity contribution in [3.8, 4) is 27.7 Å². The third kappa shape index (κ3) is 6.69. The number of thiophene rings is 1. The van der Waals surface area contributed by atoms with Crippen molar-refractivity contribution in [2.24, 2.45) is 0 Å². The molecule has 4 aromatic rings. The molecule has 0 N–H and O–H groups in total. The molecular weight excluding hydrogens is 496 g/mol. The van der Waals surface area contributed by atoms with E-state index in [0.717, 1.165) is 31.8 Å². The maximum absolute atomic E-state index is 12.0. The van der Waals surface area contributed by atoms with Crippen molar-refractivity contribution in [3.63, 3.8) is 0 Å². The Labute approximate surface area is 227 Å². The average Bonchev–Trinajstić information content (AvgIpc) is 3.19. The van der Waals surface area contributed by atoms with Crippen LogP contribution in [0, 0.1) is 0 Å². The van der Waals surface area contributed by atoms with E-state index in [0.29, 0.717) is 17.4 Å². The van der Waals surface area contributed by atoms with Crippen LogP contribution in [-0.4, -0.2) is 17.5 Å². The number of carbonyl (C=O) groups excluding carboxylic acids is 2. The molecule has 196 valence electrons. The normalized spacial score (nSPS) is 11.8. The highest BCUT2D eigenvalue weighted by molar-refractivity contribution is 7.22. The molecule has 0 bridgehead atoms. The highest BCUT2D eigenvalue weighted by atomic mass is 32.1. The second-order valence-electron chi connectivity index (χ2n) is 10.3. The van der Waals surface area contributed by atoms with Crippen LogP contribution in [0.5, 0.6) is 17.2 Å². The Bertz CT molecular complexity index is 1490. The van der Waals surface area contributed by atoms with Gasteiger partial charge in [-0.1, -0.05) is 50.2 Å². The topological polar surface area (TPSA) is 61.8 Å². The molecule has 38 heavy (non-hydrogen) atoms. The molecule has 0 unspecified atom stereocenters. The van der Waals surface area contributed by atoms with Crippen LogP contribution in [0.2, 0.25) is 0 Å². The van der Waals surface area contributed by atoms with Gasteiger partial charge in [0.1, 0.15) is 17.1 Å². The second-order valence-corrected chi connectivity index (χ2v) is 11.3. The van der Waals surface area contributed by atoms with Crippen molar-refractivity contribution in [2.45, 2.75) is 53.1 Å². The molecule has 0 radical (unpaired) electrons. The molecule has 0 saturated carbocycles. The van der Waals surface area contributed by atoms with Crippen LogP contribution < -0.4 is 9.47 Å². The first-order valence-electron chi connectivity index (χ1n) is 12.5. The predicted molar refractivity (Wildman–Crippen MR) is 154 cm³/mol. The summed E-state index contributed by atoms with van der Waals surface area (Å²) in [6.45, 7) is 11.3. The Morgan fingerprint density at radius 2 is 1.61 bits per heavy atom. The number of fused-ring (bicyclic) bond motifs is 1. The number of hydrogen-bond acceptors (Lipinski definition) is 6. The summed E-state index contributed by atoms with van der Waals surface area (Å²) < 4.78 is 18.1. The van der Waals surface area contributed by atoms with Crippen molar-refractivity contribution >= 4 is 39.4 Å². The Morgan fingerprint density at radius 1 is 0.921 bits per heavy atom. The van der Waals surface area contributed by atoms with Gasteiger partial charge in [0.15, 0.2) is 5.75 Å². The number of rotatable bonds is 7. The van der Waals surface area contributed by atoms with E-state index in [4.69, 9.17) is 14.2 Å². The van der Waals surface area contributed by atoms with E-state index in [9.17, 15) is 9.59 Å². The first-order chi connectivity index (χ1) is 18.0. The van der Waals surface area contributed by atoms with Gasteiger partial charge in [-0.15, -0.1) is 11.3 Å². The SMILES string of the molecule is CC(=O)Oc1ccc2c(Oc3ccc(/C=C/C(=O)OC(C)(C)C)cc3)c(-c3ccccc3C(C)C)sc2c1. The lowest BCUT2D eigenvalue weighted by Gasteiger charge is -2.17. The summed E-state index contributed by atoms with van der Waals surface area (Å²) in [7, 11) is 0. The molecule has 0 aliphatic rings. The predicted octanol–water partition coefficient (Wildman–Crippen LogP) is 8.76. The maximum atomic E-state index is 12.0. The molecule has 6 heteroatoms. The Morgan fingerprint density at radius 3 is 2.26 bits per heavy atom. The fourth-order valence-corrected chi connectivity index (χ4v) is 5.24. The first-order valence-corrected chi connectivity index (χ1v) is 13.3. The molecule has 0 saturated heterocycles. The van der Waals surface area contributed by atoms with Crippen molar-refractivity contribution in [1.29, 1.82) is 0 Å². The quantitative estimate of drug-likeness (QED) is 0.136. The van der Waals surface area contributed by atoms with Gasteiger partial charge in [0.05, 0.1) is 4.88 Å². The van der Waals surface area contributed by atoms with Crippen molar-refractivity contribution in [1.82, 2.24) is 0 Å². The van der Waals surface area contributed by atoms with Crippen LogP contribution >= 0.6 is 11.3 Å².